The number of esters is 1. The first-order valence-electron chi connectivity index (χ1n) is 9.03. The van der Waals surface area contributed by atoms with Crippen molar-refractivity contribution in [3.8, 4) is 23.1 Å². The average Bonchev–Trinajstić information content (AvgIpc) is 3.12. The second kappa shape index (κ2) is 8.17. The number of hydrogen-bond donors (Lipinski definition) is 0. The molecule has 0 saturated carbocycles. The number of hydrogen-bond acceptors (Lipinski definition) is 5. The van der Waals surface area contributed by atoms with Gasteiger partial charge in [-0.15, -0.1) is 0 Å². The fourth-order valence-corrected chi connectivity index (χ4v) is 2.69. The van der Waals surface area contributed by atoms with Gasteiger partial charge < -0.3 is 14.2 Å². The molecule has 1 heterocycles. The van der Waals surface area contributed by atoms with Crippen molar-refractivity contribution in [2.24, 2.45) is 0 Å². The van der Waals surface area contributed by atoms with Crippen LogP contribution >= 0.6 is 0 Å². The third kappa shape index (κ3) is 4.17. The smallest absolute Gasteiger partial charge is 0.345 e. The summed E-state index contributed by atoms with van der Waals surface area (Å²) in [5.41, 5.74) is 3.14. The van der Waals surface area contributed by atoms with E-state index in [1.807, 2.05) is 45.0 Å². The molecule has 146 valence electrons. The Bertz CT molecular complexity index is 952. The van der Waals surface area contributed by atoms with E-state index in [0.29, 0.717) is 22.9 Å². The Morgan fingerprint density at radius 1 is 0.964 bits per heavy atom. The van der Waals surface area contributed by atoms with E-state index in [1.165, 1.54) is 14.2 Å². The lowest BCUT2D eigenvalue weighted by atomic mass is 10.1. The summed E-state index contributed by atoms with van der Waals surface area (Å²) < 4.78 is 17.8. The summed E-state index contributed by atoms with van der Waals surface area (Å²) in [6.45, 7) is 6.10. The summed E-state index contributed by atoms with van der Waals surface area (Å²) in [7, 11) is 3.07. The lowest BCUT2D eigenvalue weighted by molar-refractivity contribution is 0.0722. The van der Waals surface area contributed by atoms with Gasteiger partial charge >= 0.3 is 5.97 Å². The van der Waals surface area contributed by atoms with Crippen LogP contribution < -0.4 is 14.2 Å². The highest BCUT2D eigenvalue weighted by Gasteiger charge is 2.18. The topological polar surface area (TPSA) is 62.6 Å². The maximum Gasteiger partial charge on any atom is 0.345 e. The standard InChI is InChI=1S/C22H24N2O4/c1-14(2)20-13-21(24(23-20)17-8-6-15(3)7-9-17)28-22(25)16-10-18(26-4)12-19(11-16)27-5/h6-14H,1-5H3. The van der Waals surface area contributed by atoms with Crippen molar-refractivity contribution >= 4 is 5.97 Å². The van der Waals surface area contributed by atoms with E-state index in [9.17, 15) is 4.79 Å². The Morgan fingerprint density at radius 2 is 1.57 bits per heavy atom. The Hall–Kier alpha value is -3.28. The van der Waals surface area contributed by atoms with Gasteiger partial charge in [0.2, 0.25) is 5.88 Å². The molecule has 0 aliphatic rings. The monoisotopic (exact) mass is 380 g/mol. The lowest BCUT2D eigenvalue weighted by Gasteiger charge is -2.10. The van der Waals surface area contributed by atoms with Crippen LogP contribution in [0.4, 0.5) is 0 Å². The molecule has 0 unspecified atom stereocenters. The van der Waals surface area contributed by atoms with Crippen LogP contribution in [0, 0.1) is 6.92 Å². The van der Waals surface area contributed by atoms with Crippen LogP contribution in [-0.2, 0) is 0 Å². The molecular weight excluding hydrogens is 356 g/mol. The van der Waals surface area contributed by atoms with Gasteiger partial charge in [-0.25, -0.2) is 9.48 Å². The number of ether oxygens (including phenoxy) is 3. The molecule has 0 radical (unpaired) electrons. The predicted octanol–water partition coefficient (Wildman–Crippen LogP) is 4.54. The molecular formula is C22H24N2O4. The predicted molar refractivity (Wildman–Crippen MR) is 107 cm³/mol. The van der Waals surface area contributed by atoms with E-state index >= 15 is 0 Å². The van der Waals surface area contributed by atoms with Gasteiger partial charge in [-0.2, -0.15) is 5.10 Å². The molecule has 0 aliphatic carbocycles. The van der Waals surface area contributed by atoms with Crippen molar-refractivity contribution in [1.29, 1.82) is 0 Å². The summed E-state index contributed by atoms with van der Waals surface area (Å²) in [4.78, 5) is 12.8. The van der Waals surface area contributed by atoms with Crippen LogP contribution in [0.3, 0.4) is 0 Å². The molecule has 3 aromatic rings. The summed E-state index contributed by atoms with van der Waals surface area (Å²) in [6.07, 6.45) is 0. The minimum Gasteiger partial charge on any atom is -0.497 e. The highest BCUT2D eigenvalue weighted by molar-refractivity contribution is 5.92. The Balaban J connectivity index is 1.97. The SMILES string of the molecule is COc1cc(OC)cc(C(=O)Oc2cc(C(C)C)nn2-c2ccc(C)cc2)c1. The first-order valence-corrected chi connectivity index (χ1v) is 9.03. The maximum absolute atomic E-state index is 12.8. The van der Waals surface area contributed by atoms with Gasteiger partial charge in [-0.1, -0.05) is 31.5 Å². The van der Waals surface area contributed by atoms with E-state index in [2.05, 4.69) is 5.10 Å². The van der Waals surface area contributed by atoms with Crippen LogP contribution in [-0.4, -0.2) is 30.0 Å². The van der Waals surface area contributed by atoms with E-state index in [0.717, 1.165) is 16.9 Å². The summed E-state index contributed by atoms with van der Waals surface area (Å²) in [5.74, 6) is 1.07. The minimum absolute atomic E-state index is 0.195. The number of aromatic nitrogens is 2. The second-order valence-electron chi connectivity index (χ2n) is 6.80. The summed E-state index contributed by atoms with van der Waals surface area (Å²) in [6, 6.07) is 14.6. The normalized spacial score (nSPS) is 10.8. The fraction of sp³-hybridized carbons (Fsp3) is 0.273. The van der Waals surface area contributed by atoms with Gasteiger partial charge in [0.15, 0.2) is 0 Å². The lowest BCUT2D eigenvalue weighted by Crippen LogP contribution is -2.12. The van der Waals surface area contributed by atoms with Crippen molar-refractivity contribution in [2.75, 3.05) is 14.2 Å². The molecule has 28 heavy (non-hydrogen) atoms. The molecule has 3 rings (SSSR count). The number of benzene rings is 2. The number of methoxy groups -OCH3 is 2. The fourth-order valence-electron chi connectivity index (χ4n) is 2.69. The molecule has 0 aliphatic heterocycles. The van der Waals surface area contributed by atoms with Crippen molar-refractivity contribution in [3.05, 3.63) is 65.4 Å². The van der Waals surface area contributed by atoms with Gasteiger partial charge in [0, 0.05) is 12.1 Å². The van der Waals surface area contributed by atoms with Crippen LogP contribution in [0.1, 0.15) is 41.4 Å². The zero-order valence-corrected chi connectivity index (χ0v) is 16.7. The Morgan fingerprint density at radius 3 is 2.11 bits per heavy atom. The van der Waals surface area contributed by atoms with E-state index in [1.54, 1.807) is 28.9 Å². The van der Waals surface area contributed by atoms with E-state index in [-0.39, 0.29) is 5.92 Å². The number of carbonyl (C=O) groups excluding carboxylic acids is 1. The second-order valence-corrected chi connectivity index (χ2v) is 6.80. The van der Waals surface area contributed by atoms with Gasteiger partial charge in [0.05, 0.1) is 31.2 Å². The molecule has 0 bridgehead atoms. The first-order chi connectivity index (χ1) is 13.4. The van der Waals surface area contributed by atoms with Gasteiger partial charge in [-0.3, -0.25) is 0 Å². The van der Waals surface area contributed by atoms with Gasteiger partial charge in [-0.05, 0) is 37.1 Å². The average molecular weight is 380 g/mol. The Labute approximate surface area is 164 Å². The maximum atomic E-state index is 12.8. The third-order valence-corrected chi connectivity index (χ3v) is 4.35. The largest absolute Gasteiger partial charge is 0.497 e. The zero-order valence-electron chi connectivity index (χ0n) is 16.7. The van der Waals surface area contributed by atoms with Crippen molar-refractivity contribution < 1.29 is 19.0 Å². The van der Waals surface area contributed by atoms with Crippen LogP contribution in [0.2, 0.25) is 0 Å². The minimum atomic E-state index is -0.513. The van der Waals surface area contributed by atoms with Gasteiger partial charge in [0.1, 0.15) is 11.5 Å². The molecule has 2 aromatic carbocycles. The highest BCUT2D eigenvalue weighted by atomic mass is 16.5. The quantitative estimate of drug-likeness (QED) is 0.588. The van der Waals surface area contributed by atoms with E-state index in [4.69, 9.17) is 14.2 Å². The third-order valence-electron chi connectivity index (χ3n) is 4.35. The van der Waals surface area contributed by atoms with Crippen molar-refractivity contribution in [1.82, 2.24) is 9.78 Å². The number of carbonyl (C=O) groups is 1. The first kappa shape index (κ1) is 19.5. The van der Waals surface area contributed by atoms with Crippen LogP contribution in [0.15, 0.2) is 48.5 Å². The molecule has 6 nitrogen and oxygen atoms in total. The molecule has 0 N–H and O–H groups in total. The molecule has 1 aromatic heterocycles. The molecule has 0 spiro atoms. The van der Waals surface area contributed by atoms with Crippen LogP contribution in [0.25, 0.3) is 5.69 Å². The van der Waals surface area contributed by atoms with E-state index < -0.39 is 5.97 Å². The summed E-state index contributed by atoms with van der Waals surface area (Å²) >= 11 is 0. The van der Waals surface area contributed by atoms with Gasteiger partial charge in [0.25, 0.3) is 0 Å². The molecule has 0 atom stereocenters. The zero-order chi connectivity index (χ0) is 20.3. The highest BCUT2D eigenvalue weighted by Crippen LogP contribution is 2.27. The van der Waals surface area contributed by atoms with Crippen molar-refractivity contribution in [2.45, 2.75) is 26.7 Å². The molecule has 0 amide bonds. The number of aryl methyl sites for hydroxylation is 1. The number of nitrogens with zero attached hydrogens (tertiary/aromatic N) is 2. The summed E-state index contributed by atoms with van der Waals surface area (Å²) in [5, 5.41) is 4.61. The molecule has 0 saturated heterocycles. The number of rotatable bonds is 6. The Kier molecular flexibility index (Phi) is 5.68. The van der Waals surface area contributed by atoms with Crippen LogP contribution in [0.5, 0.6) is 17.4 Å². The van der Waals surface area contributed by atoms with Crippen molar-refractivity contribution in [3.63, 3.8) is 0 Å². The molecule has 6 heteroatoms. The molecule has 0 fully saturated rings.